The molecule has 0 aliphatic carbocycles. The van der Waals surface area contributed by atoms with Gasteiger partial charge in [-0.2, -0.15) is 0 Å². The van der Waals surface area contributed by atoms with Crippen molar-refractivity contribution in [1.82, 2.24) is 14.5 Å². The van der Waals surface area contributed by atoms with Gasteiger partial charge in [0.1, 0.15) is 5.82 Å². The number of benzene rings is 2. The second kappa shape index (κ2) is 9.13. The molecule has 0 amide bonds. The highest BCUT2D eigenvalue weighted by molar-refractivity contribution is 9.11. The van der Waals surface area contributed by atoms with E-state index in [2.05, 4.69) is 43.8 Å². The number of piperidine rings is 1. The number of para-hydroxylation sites is 2. The second-order valence-corrected chi connectivity index (χ2v) is 10.4. The topological polar surface area (TPSA) is 110 Å². The van der Waals surface area contributed by atoms with Gasteiger partial charge < -0.3 is 26.0 Å². The standard InChI is InChI=1S/C23H27Br2N5O2/c1-29-8-6-14(7-9-29)13-30-19-5-3-2-4-18(19)28-21(30)23(27,22(31)32)12-15-10-16(24)20(26)17(25)11-15/h2-5,10-11,14H,6-9,12-13,26-27H2,1H3,(H,31,32)/t23-/m1/s1. The van der Waals surface area contributed by atoms with Gasteiger partial charge in [-0.1, -0.05) is 12.1 Å². The van der Waals surface area contributed by atoms with Crippen molar-refractivity contribution < 1.29 is 9.90 Å². The Bertz CT molecular complexity index is 1130. The Morgan fingerprint density at radius 1 is 1.22 bits per heavy atom. The predicted molar refractivity (Wildman–Crippen MR) is 133 cm³/mol. The number of carboxylic acid groups (broad SMARTS) is 1. The van der Waals surface area contributed by atoms with E-state index in [-0.39, 0.29) is 6.42 Å². The smallest absolute Gasteiger partial charge is 0.331 e. The maximum atomic E-state index is 12.6. The van der Waals surface area contributed by atoms with Crippen LogP contribution in [0.5, 0.6) is 0 Å². The highest BCUT2D eigenvalue weighted by Crippen LogP contribution is 2.34. The molecule has 2 heterocycles. The van der Waals surface area contributed by atoms with Crippen LogP contribution < -0.4 is 11.5 Å². The molecule has 7 nitrogen and oxygen atoms in total. The lowest BCUT2D eigenvalue weighted by molar-refractivity contribution is -0.144. The van der Waals surface area contributed by atoms with Crippen molar-refractivity contribution in [3.63, 3.8) is 0 Å². The van der Waals surface area contributed by atoms with E-state index in [1.807, 2.05) is 41.0 Å². The molecule has 5 N–H and O–H groups in total. The van der Waals surface area contributed by atoms with Gasteiger partial charge in [-0.05, 0) is 101 Å². The van der Waals surface area contributed by atoms with Crippen molar-refractivity contribution in [3.05, 3.63) is 56.7 Å². The van der Waals surface area contributed by atoms with Crippen LogP contribution in [0, 0.1) is 5.92 Å². The van der Waals surface area contributed by atoms with E-state index in [1.165, 1.54) is 0 Å². The van der Waals surface area contributed by atoms with E-state index < -0.39 is 11.5 Å². The molecule has 0 unspecified atom stereocenters. The predicted octanol–water partition coefficient (Wildman–Crippen LogP) is 3.97. The zero-order valence-electron chi connectivity index (χ0n) is 17.9. The molecule has 4 rings (SSSR count). The number of rotatable bonds is 6. The number of carboxylic acids is 1. The number of hydrogen-bond acceptors (Lipinski definition) is 5. The van der Waals surface area contributed by atoms with E-state index >= 15 is 0 Å². The van der Waals surface area contributed by atoms with Crippen molar-refractivity contribution in [2.45, 2.75) is 31.3 Å². The molecular weight excluding hydrogens is 538 g/mol. The number of aromatic nitrogens is 2. The first kappa shape index (κ1) is 23.2. The summed E-state index contributed by atoms with van der Waals surface area (Å²) in [5.74, 6) is -0.281. The number of halogens is 2. The van der Waals surface area contributed by atoms with Crippen LogP contribution in [0.1, 0.15) is 24.2 Å². The van der Waals surface area contributed by atoms with E-state index in [0.717, 1.165) is 42.5 Å². The van der Waals surface area contributed by atoms with Crippen LogP contribution >= 0.6 is 31.9 Å². The lowest BCUT2D eigenvalue weighted by atomic mass is 9.90. The number of likely N-dealkylation sites (tertiary alicyclic amines) is 1. The molecule has 2 aromatic carbocycles. The normalized spacial score (nSPS) is 17.5. The third kappa shape index (κ3) is 4.44. The quantitative estimate of drug-likeness (QED) is 0.391. The monoisotopic (exact) mass is 563 g/mol. The molecule has 0 saturated carbocycles. The molecule has 170 valence electrons. The first-order chi connectivity index (χ1) is 15.2. The van der Waals surface area contributed by atoms with E-state index in [1.54, 1.807) is 0 Å². The number of nitrogen functional groups attached to an aromatic ring is 1. The molecule has 1 aliphatic heterocycles. The highest BCUT2D eigenvalue weighted by Gasteiger charge is 2.42. The van der Waals surface area contributed by atoms with Gasteiger partial charge in [-0.15, -0.1) is 0 Å². The first-order valence-electron chi connectivity index (χ1n) is 10.6. The lowest BCUT2D eigenvalue weighted by Gasteiger charge is -2.31. The molecule has 0 bridgehead atoms. The zero-order valence-corrected chi connectivity index (χ0v) is 21.1. The second-order valence-electron chi connectivity index (χ2n) is 8.71. The van der Waals surface area contributed by atoms with E-state index in [0.29, 0.717) is 32.9 Å². The summed E-state index contributed by atoms with van der Waals surface area (Å²) >= 11 is 6.89. The Labute approximate surface area is 204 Å². The summed E-state index contributed by atoms with van der Waals surface area (Å²) in [5.41, 5.74) is 14.0. The Morgan fingerprint density at radius 3 is 2.47 bits per heavy atom. The molecule has 32 heavy (non-hydrogen) atoms. The molecule has 1 atom stereocenters. The van der Waals surface area contributed by atoms with Gasteiger partial charge in [0.15, 0.2) is 5.54 Å². The van der Waals surface area contributed by atoms with Gasteiger partial charge in [0, 0.05) is 21.9 Å². The largest absolute Gasteiger partial charge is 0.480 e. The van der Waals surface area contributed by atoms with Crippen molar-refractivity contribution >= 4 is 54.5 Å². The molecule has 0 spiro atoms. The fourth-order valence-electron chi connectivity index (χ4n) is 4.41. The molecule has 9 heteroatoms. The Kier molecular flexibility index (Phi) is 6.63. The van der Waals surface area contributed by atoms with E-state index in [4.69, 9.17) is 16.5 Å². The number of imidazole rings is 1. The maximum Gasteiger partial charge on any atom is 0.331 e. The van der Waals surface area contributed by atoms with Crippen LogP contribution in [0.15, 0.2) is 45.3 Å². The molecule has 1 aromatic heterocycles. The zero-order chi connectivity index (χ0) is 23.0. The Balaban J connectivity index is 1.79. The first-order valence-corrected chi connectivity index (χ1v) is 12.2. The molecule has 1 aliphatic rings. The van der Waals surface area contributed by atoms with Crippen LogP contribution in [-0.2, 0) is 23.3 Å². The van der Waals surface area contributed by atoms with E-state index in [9.17, 15) is 9.90 Å². The number of nitrogens with zero attached hydrogens (tertiary/aromatic N) is 3. The number of aliphatic carboxylic acids is 1. The molecule has 0 radical (unpaired) electrons. The van der Waals surface area contributed by atoms with Crippen molar-refractivity contribution in [3.8, 4) is 0 Å². The van der Waals surface area contributed by atoms with Crippen LogP contribution in [0.25, 0.3) is 11.0 Å². The molecule has 1 fully saturated rings. The number of anilines is 1. The average molecular weight is 565 g/mol. The van der Waals surface area contributed by atoms with Gasteiger partial charge in [0.05, 0.1) is 16.7 Å². The minimum atomic E-state index is -1.69. The summed E-state index contributed by atoms with van der Waals surface area (Å²) in [6.07, 6.45) is 2.20. The van der Waals surface area contributed by atoms with Gasteiger partial charge in [0.25, 0.3) is 0 Å². The average Bonchev–Trinajstić information content (AvgIpc) is 3.12. The van der Waals surface area contributed by atoms with Gasteiger partial charge in [-0.25, -0.2) is 9.78 Å². The summed E-state index contributed by atoms with van der Waals surface area (Å²) in [6, 6.07) is 11.4. The minimum Gasteiger partial charge on any atom is -0.480 e. The molecule has 1 saturated heterocycles. The number of fused-ring (bicyclic) bond motifs is 1. The summed E-state index contributed by atoms with van der Waals surface area (Å²) < 4.78 is 3.41. The third-order valence-electron chi connectivity index (χ3n) is 6.34. The van der Waals surface area contributed by atoms with Gasteiger partial charge in [0.2, 0.25) is 0 Å². The fraction of sp³-hybridized carbons (Fsp3) is 0.391. The number of hydrogen-bond donors (Lipinski definition) is 3. The fourth-order valence-corrected chi connectivity index (χ4v) is 5.70. The van der Waals surface area contributed by atoms with Crippen LogP contribution in [0.2, 0.25) is 0 Å². The Hall–Kier alpha value is -1.94. The van der Waals surface area contributed by atoms with Crippen molar-refractivity contribution in [2.75, 3.05) is 25.9 Å². The maximum absolute atomic E-state index is 12.6. The molecular formula is C23H27Br2N5O2. The SMILES string of the molecule is CN1CCC(Cn2c([C@](N)(Cc3cc(Br)c(N)c(Br)c3)C(=O)O)nc3ccccc32)CC1. The van der Waals surface area contributed by atoms with Crippen molar-refractivity contribution in [2.24, 2.45) is 11.7 Å². The van der Waals surface area contributed by atoms with Crippen LogP contribution in [-0.4, -0.2) is 45.7 Å². The summed E-state index contributed by atoms with van der Waals surface area (Å²) in [7, 11) is 2.13. The van der Waals surface area contributed by atoms with Crippen LogP contribution in [0.3, 0.4) is 0 Å². The molecule has 3 aromatic rings. The lowest BCUT2D eigenvalue weighted by Crippen LogP contribution is -2.49. The third-order valence-corrected chi connectivity index (χ3v) is 7.65. The minimum absolute atomic E-state index is 0.0799. The van der Waals surface area contributed by atoms with Gasteiger partial charge in [-0.3, -0.25) is 0 Å². The number of carbonyl (C=O) groups is 1. The van der Waals surface area contributed by atoms with Crippen LogP contribution in [0.4, 0.5) is 5.69 Å². The Morgan fingerprint density at radius 2 is 1.84 bits per heavy atom. The summed E-state index contributed by atoms with van der Waals surface area (Å²) in [6.45, 7) is 2.77. The highest BCUT2D eigenvalue weighted by atomic mass is 79.9. The summed E-state index contributed by atoms with van der Waals surface area (Å²) in [4.78, 5) is 19.7. The number of nitrogens with two attached hydrogens (primary N) is 2. The summed E-state index contributed by atoms with van der Waals surface area (Å²) in [5, 5.41) is 10.3. The van der Waals surface area contributed by atoms with Crippen molar-refractivity contribution in [1.29, 1.82) is 0 Å². The van der Waals surface area contributed by atoms with Gasteiger partial charge >= 0.3 is 5.97 Å².